The Morgan fingerprint density at radius 3 is 2.53 bits per heavy atom. The molecule has 2 aromatic heterocycles. The number of hydrogen-bond acceptors (Lipinski definition) is 5. The van der Waals surface area contributed by atoms with Gasteiger partial charge in [-0.2, -0.15) is 0 Å². The number of aromatic amines is 2. The predicted octanol–water partition coefficient (Wildman–Crippen LogP) is 2.38. The number of hydrogen-bond donors (Lipinski definition) is 2. The molecule has 8 nitrogen and oxygen atoms in total. The molecule has 0 bridgehead atoms. The Balaban J connectivity index is 1.47. The van der Waals surface area contributed by atoms with Crippen LogP contribution in [0.4, 0.5) is 0 Å². The number of rotatable bonds is 6. The van der Waals surface area contributed by atoms with Gasteiger partial charge < -0.3 is 9.72 Å². The minimum absolute atomic E-state index is 0.0168. The lowest BCUT2D eigenvalue weighted by Gasteiger charge is -2.13. The van der Waals surface area contributed by atoms with Crippen LogP contribution < -0.4 is 11.2 Å². The Labute approximate surface area is 170 Å². The topological polar surface area (TPSA) is 114 Å². The van der Waals surface area contributed by atoms with E-state index in [1.807, 2.05) is 24.3 Å². The maximum Gasteiger partial charge on any atom is 0.328 e. The maximum atomic E-state index is 12.7. The minimum Gasteiger partial charge on any atom is -0.454 e. The molecule has 0 saturated carbocycles. The molecule has 4 aromatic rings. The number of para-hydroxylation sites is 2. The molecule has 30 heavy (non-hydrogen) atoms. The molecule has 0 saturated heterocycles. The van der Waals surface area contributed by atoms with Gasteiger partial charge in [-0.3, -0.25) is 23.9 Å². The third-order valence-electron chi connectivity index (χ3n) is 4.98. The molecule has 1 unspecified atom stereocenters. The van der Waals surface area contributed by atoms with Crippen molar-refractivity contribution in [3.8, 4) is 0 Å². The van der Waals surface area contributed by atoms with Crippen LogP contribution in [0.3, 0.4) is 0 Å². The molecule has 4 rings (SSSR count). The average Bonchev–Trinajstić information content (AvgIpc) is 3.17. The maximum absolute atomic E-state index is 12.7. The number of nitrogens with zero attached hydrogens (tertiary/aromatic N) is 1. The van der Waals surface area contributed by atoms with E-state index in [1.54, 1.807) is 30.5 Å². The molecule has 2 N–H and O–H groups in total. The predicted molar refractivity (Wildman–Crippen MR) is 112 cm³/mol. The smallest absolute Gasteiger partial charge is 0.328 e. The number of aryl methyl sites for hydroxylation is 1. The quantitative estimate of drug-likeness (QED) is 0.378. The molecule has 152 valence electrons. The molecular formula is C22H19N3O5. The van der Waals surface area contributed by atoms with Crippen LogP contribution in [0.2, 0.25) is 0 Å². The molecule has 0 radical (unpaired) electrons. The van der Waals surface area contributed by atoms with E-state index in [2.05, 4.69) is 9.97 Å². The van der Waals surface area contributed by atoms with Crippen LogP contribution in [0.5, 0.6) is 0 Å². The number of ether oxygens (including phenoxy) is 1. The second kappa shape index (κ2) is 7.82. The van der Waals surface area contributed by atoms with Gasteiger partial charge in [0.15, 0.2) is 6.10 Å². The van der Waals surface area contributed by atoms with Crippen LogP contribution in [-0.4, -0.2) is 32.4 Å². The van der Waals surface area contributed by atoms with E-state index in [0.29, 0.717) is 16.5 Å². The minimum atomic E-state index is -0.972. The van der Waals surface area contributed by atoms with Gasteiger partial charge in [0.2, 0.25) is 5.78 Å². The molecule has 2 aromatic carbocycles. The summed E-state index contributed by atoms with van der Waals surface area (Å²) in [7, 11) is 0. The van der Waals surface area contributed by atoms with E-state index < -0.39 is 23.3 Å². The number of Topliss-reactive ketones (excluding diaryl/α,β-unsaturated/α-hetero) is 1. The molecule has 8 heteroatoms. The first-order valence-electron chi connectivity index (χ1n) is 9.47. The van der Waals surface area contributed by atoms with Crippen LogP contribution in [0.1, 0.15) is 23.7 Å². The third-order valence-corrected chi connectivity index (χ3v) is 4.98. The van der Waals surface area contributed by atoms with E-state index in [-0.39, 0.29) is 18.7 Å². The van der Waals surface area contributed by atoms with Gasteiger partial charge in [0.25, 0.3) is 5.56 Å². The number of ketones is 1. The number of benzene rings is 2. The molecule has 0 aliphatic rings. The Bertz CT molecular complexity index is 1380. The number of carbonyl (C=O) groups is 2. The summed E-state index contributed by atoms with van der Waals surface area (Å²) in [4.78, 5) is 54.4. The summed E-state index contributed by atoms with van der Waals surface area (Å²) in [6.07, 6.45) is 0.505. The molecule has 2 heterocycles. The summed E-state index contributed by atoms with van der Waals surface area (Å²) in [6, 6.07) is 14.0. The van der Waals surface area contributed by atoms with Crippen molar-refractivity contribution in [1.82, 2.24) is 14.5 Å². The lowest BCUT2D eigenvalue weighted by molar-refractivity contribution is -0.146. The Morgan fingerprint density at radius 1 is 1.03 bits per heavy atom. The van der Waals surface area contributed by atoms with Gasteiger partial charge in [-0.05, 0) is 25.1 Å². The zero-order chi connectivity index (χ0) is 21.3. The average molecular weight is 405 g/mol. The molecule has 0 amide bonds. The largest absolute Gasteiger partial charge is 0.454 e. The van der Waals surface area contributed by atoms with Gasteiger partial charge in [-0.1, -0.05) is 30.3 Å². The van der Waals surface area contributed by atoms with Crippen molar-refractivity contribution in [3.63, 3.8) is 0 Å². The van der Waals surface area contributed by atoms with E-state index in [9.17, 15) is 19.2 Å². The lowest BCUT2D eigenvalue weighted by atomic mass is 10.1. The highest BCUT2D eigenvalue weighted by molar-refractivity contribution is 6.10. The Morgan fingerprint density at radius 2 is 1.73 bits per heavy atom. The summed E-state index contributed by atoms with van der Waals surface area (Å²) < 4.78 is 6.60. The van der Waals surface area contributed by atoms with Crippen molar-refractivity contribution < 1.29 is 14.3 Å². The number of esters is 1. The third kappa shape index (κ3) is 3.55. The number of carbonyl (C=O) groups excluding carboxylic acids is 2. The highest BCUT2D eigenvalue weighted by Crippen LogP contribution is 2.20. The van der Waals surface area contributed by atoms with Gasteiger partial charge in [0, 0.05) is 29.2 Å². The van der Waals surface area contributed by atoms with E-state index >= 15 is 0 Å². The van der Waals surface area contributed by atoms with Gasteiger partial charge in [0.1, 0.15) is 0 Å². The van der Waals surface area contributed by atoms with Gasteiger partial charge in [-0.25, -0.2) is 4.79 Å². The highest BCUT2D eigenvalue weighted by Gasteiger charge is 2.22. The van der Waals surface area contributed by atoms with Crippen molar-refractivity contribution in [2.24, 2.45) is 0 Å². The normalized spacial score (nSPS) is 12.2. The monoisotopic (exact) mass is 405 g/mol. The van der Waals surface area contributed by atoms with Crippen LogP contribution in [0, 0.1) is 0 Å². The van der Waals surface area contributed by atoms with Gasteiger partial charge >= 0.3 is 11.7 Å². The van der Waals surface area contributed by atoms with Crippen molar-refractivity contribution in [3.05, 3.63) is 81.1 Å². The first kappa shape index (κ1) is 19.4. The SMILES string of the molecule is CC(OC(=O)CCn1c(=O)[nH]c(=O)c2ccccc21)C(=O)c1c[nH]c2ccccc12. The summed E-state index contributed by atoms with van der Waals surface area (Å²) >= 11 is 0. The van der Waals surface area contributed by atoms with Gasteiger partial charge in [0.05, 0.1) is 17.3 Å². The summed E-state index contributed by atoms with van der Waals surface area (Å²) in [5.41, 5.74) is 0.626. The van der Waals surface area contributed by atoms with Crippen molar-refractivity contribution in [2.45, 2.75) is 26.0 Å². The van der Waals surface area contributed by atoms with Crippen molar-refractivity contribution in [2.75, 3.05) is 0 Å². The fourth-order valence-corrected chi connectivity index (χ4v) is 3.47. The molecule has 0 spiro atoms. The summed E-state index contributed by atoms with van der Waals surface area (Å²) in [5, 5.41) is 1.12. The molecule has 1 atom stereocenters. The van der Waals surface area contributed by atoms with Crippen LogP contribution in [0.25, 0.3) is 21.8 Å². The van der Waals surface area contributed by atoms with Crippen LogP contribution in [0.15, 0.2) is 64.3 Å². The first-order chi connectivity index (χ1) is 14.5. The molecule has 0 aliphatic carbocycles. The van der Waals surface area contributed by atoms with E-state index in [0.717, 1.165) is 10.9 Å². The summed E-state index contributed by atoms with van der Waals surface area (Å²) in [6.45, 7) is 1.53. The fourth-order valence-electron chi connectivity index (χ4n) is 3.47. The van der Waals surface area contributed by atoms with Crippen LogP contribution >= 0.6 is 0 Å². The molecular weight excluding hydrogens is 386 g/mol. The van der Waals surface area contributed by atoms with E-state index in [4.69, 9.17) is 4.74 Å². The standard InChI is InChI=1S/C22H19N3O5/c1-13(20(27)16-12-23-17-8-4-2-6-14(16)17)30-19(26)10-11-25-18-9-5-3-7-15(18)21(28)24-22(25)29/h2-9,12-13,23H,10-11H2,1H3,(H,24,28,29). The lowest BCUT2D eigenvalue weighted by Crippen LogP contribution is -2.31. The zero-order valence-electron chi connectivity index (χ0n) is 16.2. The Kier molecular flexibility index (Phi) is 5.05. The number of H-pyrrole nitrogens is 2. The molecule has 0 fully saturated rings. The fraction of sp³-hybridized carbons (Fsp3) is 0.182. The second-order valence-electron chi connectivity index (χ2n) is 6.92. The summed E-state index contributed by atoms with van der Waals surface area (Å²) in [5.74, 6) is -0.926. The molecule has 0 aliphatic heterocycles. The van der Waals surface area contributed by atoms with Crippen molar-refractivity contribution >= 4 is 33.6 Å². The second-order valence-corrected chi connectivity index (χ2v) is 6.92. The van der Waals surface area contributed by atoms with Gasteiger partial charge in [-0.15, -0.1) is 0 Å². The first-order valence-corrected chi connectivity index (χ1v) is 9.47. The van der Waals surface area contributed by atoms with Crippen LogP contribution in [-0.2, 0) is 16.1 Å². The van der Waals surface area contributed by atoms with E-state index in [1.165, 1.54) is 11.5 Å². The number of aromatic nitrogens is 3. The number of nitrogens with one attached hydrogen (secondary N) is 2. The zero-order valence-corrected chi connectivity index (χ0v) is 16.2. The Hall–Kier alpha value is -3.94. The van der Waals surface area contributed by atoms with Crippen molar-refractivity contribution in [1.29, 1.82) is 0 Å². The number of fused-ring (bicyclic) bond motifs is 2. The highest BCUT2D eigenvalue weighted by atomic mass is 16.5.